The predicted molar refractivity (Wildman–Crippen MR) is 158 cm³/mol. The van der Waals surface area contributed by atoms with Gasteiger partial charge >= 0.3 is 0 Å². The van der Waals surface area contributed by atoms with Crippen LogP contribution in [0.2, 0.25) is 0 Å². The Balaban J connectivity index is 1.65. The highest BCUT2D eigenvalue weighted by molar-refractivity contribution is 6.22. The van der Waals surface area contributed by atoms with Gasteiger partial charge < -0.3 is 10.4 Å². The number of nitrogens with zero attached hydrogens (tertiary/aromatic N) is 3. The molecule has 0 saturated carbocycles. The highest BCUT2D eigenvalue weighted by atomic mass is 16.3. The molecule has 1 saturated heterocycles. The molecule has 0 aromatic rings. The molecule has 0 unspecified atom stereocenters. The van der Waals surface area contributed by atoms with Crippen LogP contribution in [0.1, 0.15) is 74.1 Å². The number of carbonyl (C=O) groups excluding carboxylic acids is 1. The van der Waals surface area contributed by atoms with Crippen molar-refractivity contribution in [3.63, 3.8) is 0 Å². The SMILES string of the molecule is CCC[C@@H]1C2=C3CC(O)=C4C3=NC(=C4C)C=C3N=C(C=C4N=C(C=C(N2)[C@H]1C)C(C)=C4C(C)=O)C(C)=C3CC. The number of hydrogen-bond donors (Lipinski definition) is 2. The normalized spacial score (nSPS) is 25.8. The summed E-state index contributed by atoms with van der Waals surface area (Å²) in [4.78, 5) is 27.9. The van der Waals surface area contributed by atoms with Crippen molar-refractivity contribution in [3.8, 4) is 0 Å². The van der Waals surface area contributed by atoms with Gasteiger partial charge in [0.2, 0.25) is 0 Å². The number of ketones is 1. The molecule has 0 amide bonds. The van der Waals surface area contributed by atoms with Crippen LogP contribution in [0.4, 0.5) is 0 Å². The summed E-state index contributed by atoms with van der Waals surface area (Å²) < 4.78 is 0. The van der Waals surface area contributed by atoms with Gasteiger partial charge in [0.1, 0.15) is 5.76 Å². The lowest BCUT2D eigenvalue weighted by atomic mass is 9.86. The summed E-state index contributed by atoms with van der Waals surface area (Å²) in [5, 5.41) is 14.9. The average Bonchev–Trinajstić information content (AvgIpc) is 3.63. The van der Waals surface area contributed by atoms with E-state index < -0.39 is 0 Å². The predicted octanol–water partition coefficient (Wildman–Crippen LogP) is 7.05. The summed E-state index contributed by atoms with van der Waals surface area (Å²) in [5.74, 6) is 0.930. The van der Waals surface area contributed by atoms with Gasteiger partial charge in [-0.15, -0.1) is 0 Å². The zero-order valence-electron chi connectivity index (χ0n) is 23.9. The highest BCUT2D eigenvalue weighted by Crippen LogP contribution is 2.46. The quantitative estimate of drug-likeness (QED) is 0.417. The van der Waals surface area contributed by atoms with Gasteiger partial charge in [0, 0.05) is 46.4 Å². The van der Waals surface area contributed by atoms with Gasteiger partial charge in [-0.2, -0.15) is 0 Å². The number of aliphatic hydroxyl groups is 1. The van der Waals surface area contributed by atoms with Crippen molar-refractivity contribution < 1.29 is 9.90 Å². The summed E-state index contributed by atoms with van der Waals surface area (Å²) in [6, 6.07) is 0. The maximum Gasteiger partial charge on any atom is 0.162 e. The molecule has 6 nitrogen and oxygen atoms in total. The number of hydrogen-bond acceptors (Lipinski definition) is 6. The van der Waals surface area contributed by atoms with Crippen molar-refractivity contribution in [2.45, 2.75) is 74.1 Å². The molecule has 6 rings (SSSR count). The van der Waals surface area contributed by atoms with Crippen molar-refractivity contribution in [1.29, 1.82) is 0 Å². The molecule has 6 aliphatic rings. The molecule has 2 atom stereocenters. The molecule has 0 aromatic carbocycles. The van der Waals surface area contributed by atoms with Crippen LogP contribution in [0.3, 0.4) is 0 Å². The van der Waals surface area contributed by atoms with Gasteiger partial charge in [-0.3, -0.25) is 4.79 Å². The number of allylic oxidation sites excluding steroid dienone is 12. The molecule has 1 fully saturated rings. The molecule has 6 heteroatoms. The van der Waals surface area contributed by atoms with E-state index >= 15 is 0 Å². The second-order valence-electron chi connectivity index (χ2n) is 11.3. The van der Waals surface area contributed by atoms with Gasteiger partial charge in [0.25, 0.3) is 0 Å². The van der Waals surface area contributed by atoms with Crippen molar-refractivity contribution in [2.24, 2.45) is 26.8 Å². The molecule has 39 heavy (non-hydrogen) atoms. The zero-order valence-corrected chi connectivity index (χ0v) is 23.9. The average molecular weight is 521 g/mol. The van der Waals surface area contributed by atoms with Crippen molar-refractivity contribution in [3.05, 3.63) is 91.5 Å². The molecule has 2 N–H and O–H groups in total. The Labute approximate surface area is 230 Å². The minimum Gasteiger partial charge on any atom is -0.511 e. The number of rotatable bonds is 4. The fourth-order valence-corrected chi connectivity index (χ4v) is 6.86. The smallest absolute Gasteiger partial charge is 0.162 e. The van der Waals surface area contributed by atoms with Crippen LogP contribution in [0.25, 0.3) is 0 Å². The fourth-order valence-electron chi connectivity index (χ4n) is 6.86. The number of Topliss-reactive ketones (excluding diaryl/α,β-unsaturated/α-hetero) is 1. The second kappa shape index (κ2) is 9.15. The van der Waals surface area contributed by atoms with Crippen LogP contribution in [-0.4, -0.2) is 28.0 Å². The first-order valence-electron chi connectivity index (χ1n) is 14.1. The van der Waals surface area contributed by atoms with Crippen molar-refractivity contribution >= 4 is 22.9 Å². The van der Waals surface area contributed by atoms with Gasteiger partial charge in [-0.1, -0.05) is 27.2 Å². The van der Waals surface area contributed by atoms with E-state index in [0.717, 1.165) is 92.6 Å². The summed E-state index contributed by atoms with van der Waals surface area (Å²) in [6.07, 6.45) is 9.53. The molecule has 0 aromatic heterocycles. The molecule has 8 bridgehead atoms. The molecule has 0 spiro atoms. The monoisotopic (exact) mass is 520 g/mol. The zero-order chi connectivity index (χ0) is 27.7. The number of nitrogens with one attached hydrogen (secondary N) is 1. The molecule has 5 aliphatic heterocycles. The Morgan fingerprint density at radius 2 is 1.72 bits per heavy atom. The first-order chi connectivity index (χ1) is 18.6. The van der Waals surface area contributed by atoms with Crippen LogP contribution in [-0.2, 0) is 4.79 Å². The third-order valence-electron chi connectivity index (χ3n) is 9.00. The van der Waals surface area contributed by atoms with Crippen LogP contribution < -0.4 is 5.32 Å². The van der Waals surface area contributed by atoms with E-state index in [9.17, 15) is 9.90 Å². The second-order valence-corrected chi connectivity index (χ2v) is 11.3. The van der Waals surface area contributed by atoms with Crippen LogP contribution in [0, 0.1) is 11.8 Å². The minimum absolute atomic E-state index is 0.00736. The van der Waals surface area contributed by atoms with E-state index in [0.29, 0.717) is 23.5 Å². The van der Waals surface area contributed by atoms with E-state index in [2.05, 4.69) is 45.2 Å². The largest absolute Gasteiger partial charge is 0.511 e. The van der Waals surface area contributed by atoms with Gasteiger partial charge in [0.05, 0.1) is 34.2 Å². The Hall–Kier alpha value is -3.80. The Kier molecular flexibility index (Phi) is 5.97. The highest BCUT2D eigenvalue weighted by Gasteiger charge is 2.41. The van der Waals surface area contributed by atoms with Crippen LogP contribution >= 0.6 is 0 Å². The standard InChI is InChI=1S/C33H36N4O2/c1-8-10-21-16(4)24-12-25-17(5)30(19(7)38)28(35-25)14-23-15(3)20(9-2)27(34-23)13-26-18(6)31-29(39)11-22(32(21)36-24)33(31)37-26/h12-14,16,21,36,39H,8-11H2,1-7H3/t16-,21-/m0/s1. The lowest BCUT2D eigenvalue weighted by Gasteiger charge is -2.17. The summed E-state index contributed by atoms with van der Waals surface area (Å²) in [6.45, 7) is 14.3. The Bertz CT molecular complexity index is 1610. The van der Waals surface area contributed by atoms with Crippen molar-refractivity contribution in [2.75, 3.05) is 0 Å². The molecule has 200 valence electrons. The first-order valence-corrected chi connectivity index (χ1v) is 14.1. The maximum atomic E-state index is 12.8. The summed E-state index contributed by atoms with van der Waals surface area (Å²) in [7, 11) is 0. The third-order valence-corrected chi connectivity index (χ3v) is 9.00. The van der Waals surface area contributed by atoms with E-state index in [4.69, 9.17) is 15.0 Å². The van der Waals surface area contributed by atoms with E-state index in [1.165, 1.54) is 0 Å². The molecule has 5 heterocycles. The summed E-state index contributed by atoms with van der Waals surface area (Å²) >= 11 is 0. The molecular weight excluding hydrogens is 484 g/mol. The van der Waals surface area contributed by atoms with Gasteiger partial charge in [-0.25, -0.2) is 15.0 Å². The Morgan fingerprint density at radius 3 is 2.41 bits per heavy atom. The van der Waals surface area contributed by atoms with Gasteiger partial charge in [-0.05, 0) is 81.1 Å². The van der Waals surface area contributed by atoms with Crippen LogP contribution in [0.5, 0.6) is 0 Å². The lowest BCUT2D eigenvalue weighted by Crippen LogP contribution is -2.14. The number of aliphatic hydroxyl groups excluding tert-OH is 1. The fraction of sp³-hybridized carbons (Fsp3) is 0.394. The third kappa shape index (κ3) is 3.75. The number of fused-ring (bicyclic) bond motifs is 5. The number of carbonyl (C=O) groups is 1. The maximum absolute atomic E-state index is 12.8. The van der Waals surface area contributed by atoms with Crippen molar-refractivity contribution in [1.82, 2.24) is 5.32 Å². The minimum atomic E-state index is 0.00736. The van der Waals surface area contributed by atoms with Gasteiger partial charge in [0.15, 0.2) is 5.78 Å². The first kappa shape index (κ1) is 25.5. The molecular formula is C33H36N4O2. The van der Waals surface area contributed by atoms with E-state index in [1.807, 2.05) is 19.9 Å². The van der Waals surface area contributed by atoms with Crippen LogP contribution in [0.15, 0.2) is 106 Å². The lowest BCUT2D eigenvalue weighted by molar-refractivity contribution is -0.113. The number of aliphatic imine (C=N–C) groups is 3. The summed E-state index contributed by atoms with van der Waals surface area (Å²) in [5.41, 5.74) is 13.9. The molecule has 0 radical (unpaired) electrons. The van der Waals surface area contributed by atoms with E-state index in [1.54, 1.807) is 6.92 Å². The van der Waals surface area contributed by atoms with E-state index in [-0.39, 0.29) is 17.6 Å². The topological polar surface area (TPSA) is 86.4 Å². The Morgan fingerprint density at radius 1 is 1.00 bits per heavy atom. The molecule has 1 aliphatic carbocycles.